The Morgan fingerprint density at radius 2 is 1.23 bits per heavy atom. The first-order chi connectivity index (χ1) is 10.8. The van der Waals surface area contributed by atoms with E-state index in [0.29, 0.717) is 24.4 Å². The second-order valence-electron chi connectivity index (χ2n) is 10.1. The third-order valence-electron chi connectivity index (χ3n) is 10.5. The Bertz CT molecular complexity index is 537. The van der Waals surface area contributed by atoms with E-state index in [0.717, 1.165) is 59.2 Å². The third kappa shape index (κ3) is 0.989. The maximum Gasteiger partial charge on any atom is 0.0605 e. The van der Waals surface area contributed by atoms with Crippen molar-refractivity contribution < 1.29 is 10.2 Å². The third-order valence-corrected chi connectivity index (χ3v) is 10.5. The van der Waals surface area contributed by atoms with Gasteiger partial charge in [0.1, 0.15) is 0 Å². The average Bonchev–Trinajstić information content (AvgIpc) is 3.26. The van der Waals surface area contributed by atoms with Crippen LogP contribution in [0.15, 0.2) is 0 Å². The number of hydrogen-bond donors (Lipinski definition) is 2. The van der Waals surface area contributed by atoms with Crippen molar-refractivity contribution in [1.82, 2.24) is 0 Å². The Morgan fingerprint density at radius 1 is 0.591 bits per heavy atom. The molecule has 2 nitrogen and oxygen atoms in total. The Labute approximate surface area is 132 Å². The van der Waals surface area contributed by atoms with E-state index in [1.165, 1.54) is 32.1 Å². The summed E-state index contributed by atoms with van der Waals surface area (Å²) >= 11 is 0. The average molecular weight is 300 g/mol. The maximum atomic E-state index is 11.1. The van der Waals surface area contributed by atoms with Gasteiger partial charge in [-0.15, -0.1) is 0 Å². The van der Waals surface area contributed by atoms with Crippen LogP contribution >= 0.6 is 0 Å². The molecule has 2 heteroatoms. The molecule has 7 fully saturated rings. The van der Waals surface area contributed by atoms with Gasteiger partial charge in [-0.1, -0.05) is 6.42 Å². The van der Waals surface area contributed by atoms with Crippen molar-refractivity contribution >= 4 is 0 Å². The molecule has 0 saturated heterocycles. The minimum Gasteiger partial charge on any atom is -0.396 e. The molecule has 0 heterocycles. The van der Waals surface area contributed by atoms with Crippen LogP contribution in [0, 0.1) is 76.9 Å². The van der Waals surface area contributed by atoms with E-state index < -0.39 is 0 Å². The van der Waals surface area contributed by atoms with Crippen molar-refractivity contribution in [3.8, 4) is 0 Å². The Hall–Kier alpha value is -0.0800. The summed E-state index contributed by atoms with van der Waals surface area (Å²) in [5.74, 6) is 10.8. The van der Waals surface area contributed by atoms with Gasteiger partial charge in [0.2, 0.25) is 0 Å². The van der Waals surface area contributed by atoms with E-state index in [4.69, 9.17) is 0 Å². The molecule has 0 aliphatic heterocycles. The van der Waals surface area contributed by atoms with Crippen LogP contribution in [-0.2, 0) is 0 Å². The highest BCUT2D eigenvalue weighted by Gasteiger charge is 2.80. The molecule has 2 N–H and O–H groups in total. The van der Waals surface area contributed by atoms with Gasteiger partial charge in [-0.05, 0) is 103 Å². The second-order valence-corrected chi connectivity index (χ2v) is 10.1. The fourth-order valence-corrected chi connectivity index (χ4v) is 10.9. The zero-order valence-electron chi connectivity index (χ0n) is 13.2. The van der Waals surface area contributed by atoms with E-state index in [-0.39, 0.29) is 6.10 Å². The molecule has 0 amide bonds. The summed E-state index contributed by atoms with van der Waals surface area (Å²) in [6.45, 7) is 0.464. The topological polar surface area (TPSA) is 40.5 Å². The molecule has 0 aromatic carbocycles. The molecule has 120 valence electrons. The van der Waals surface area contributed by atoms with Crippen molar-refractivity contribution in [3.63, 3.8) is 0 Å². The largest absolute Gasteiger partial charge is 0.396 e. The van der Waals surface area contributed by atoms with Crippen molar-refractivity contribution in [2.75, 3.05) is 6.61 Å². The van der Waals surface area contributed by atoms with Crippen LogP contribution in [0.5, 0.6) is 0 Å². The molecule has 14 atom stereocenters. The minimum atomic E-state index is 0.0455. The lowest BCUT2D eigenvalue weighted by Gasteiger charge is -2.31. The normalized spacial score (nSPS) is 75.0. The molecular formula is C20H28O2. The van der Waals surface area contributed by atoms with Gasteiger partial charge in [-0.3, -0.25) is 0 Å². The summed E-state index contributed by atoms with van der Waals surface area (Å²) in [6.07, 6.45) is 7.00. The molecule has 22 heavy (non-hydrogen) atoms. The molecular weight excluding hydrogens is 272 g/mol. The fourth-order valence-electron chi connectivity index (χ4n) is 10.9. The standard InChI is InChI=1S/C20H28O2/c21-6-11-12-7-2-1-3-8(7)15-16(12)17-14(11)9-4-5-10-13(9)18(17)19(15)20(10)22/h7-22H,1-6H2/t7-,8+,9-,10-,11-,12+,13-,14-,15-,16-,17+,18-,19+,20-/m1/s1. The predicted octanol–water partition coefficient (Wildman–Crippen LogP) is 2.40. The fraction of sp³-hybridized carbons (Fsp3) is 1.00. The molecule has 7 rings (SSSR count). The number of aliphatic hydroxyl groups is 2. The highest BCUT2D eigenvalue weighted by molar-refractivity contribution is 5.27. The van der Waals surface area contributed by atoms with Gasteiger partial charge in [0.25, 0.3) is 0 Å². The highest BCUT2D eigenvalue weighted by atomic mass is 16.3. The number of hydrogen-bond acceptors (Lipinski definition) is 2. The summed E-state index contributed by atoms with van der Waals surface area (Å²) < 4.78 is 0. The highest BCUT2D eigenvalue weighted by Crippen LogP contribution is 2.82. The SMILES string of the molecule is OC[C@H]1[C@H]2[C@@H]3CC[C@H]4[C@@H](O)[C@H]5[C@@H]6[C@H]7CCC[C@H]7[C@@H]1[C@H]6[C@H]2[C@H]5[C@@H]43. The maximum absolute atomic E-state index is 11.1. The van der Waals surface area contributed by atoms with Gasteiger partial charge in [0, 0.05) is 6.61 Å². The van der Waals surface area contributed by atoms with E-state index >= 15 is 0 Å². The van der Waals surface area contributed by atoms with Crippen LogP contribution in [0.4, 0.5) is 0 Å². The quantitative estimate of drug-likeness (QED) is 0.780. The summed E-state index contributed by atoms with van der Waals surface area (Å²) in [5.41, 5.74) is 0. The number of aliphatic hydroxyl groups excluding tert-OH is 2. The van der Waals surface area contributed by atoms with Crippen molar-refractivity contribution in [1.29, 1.82) is 0 Å². The lowest BCUT2D eigenvalue weighted by Crippen LogP contribution is -2.30. The van der Waals surface area contributed by atoms with E-state index in [1.807, 2.05) is 0 Å². The van der Waals surface area contributed by atoms with Crippen LogP contribution in [0.3, 0.4) is 0 Å². The van der Waals surface area contributed by atoms with Gasteiger partial charge in [-0.2, -0.15) is 0 Å². The predicted molar refractivity (Wildman–Crippen MR) is 81.5 cm³/mol. The molecule has 0 radical (unpaired) electrons. The summed E-state index contributed by atoms with van der Waals surface area (Å²) in [4.78, 5) is 0. The van der Waals surface area contributed by atoms with Crippen molar-refractivity contribution in [3.05, 3.63) is 0 Å². The zero-order valence-corrected chi connectivity index (χ0v) is 13.2. The molecule has 0 spiro atoms. The van der Waals surface area contributed by atoms with E-state index in [9.17, 15) is 10.2 Å². The van der Waals surface area contributed by atoms with Gasteiger partial charge in [0.15, 0.2) is 0 Å². The van der Waals surface area contributed by atoms with Gasteiger partial charge >= 0.3 is 0 Å². The first-order valence-electron chi connectivity index (χ1n) is 10.1. The monoisotopic (exact) mass is 300 g/mol. The van der Waals surface area contributed by atoms with Crippen molar-refractivity contribution in [2.45, 2.75) is 38.2 Å². The van der Waals surface area contributed by atoms with Crippen LogP contribution in [0.1, 0.15) is 32.1 Å². The summed E-state index contributed by atoms with van der Waals surface area (Å²) in [7, 11) is 0. The molecule has 0 aromatic heterocycles. The minimum absolute atomic E-state index is 0.0455. The van der Waals surface area contributed by atoms with E-state index in [1.54, 1.807) is 0 Å². The molecule has 0 unspecified atom stereocenters. The van der Waals surface area contributed by atoms with Crippen LogP contribution in [0.2, 0.25) is 0 Å². The first kappa shape index (κ1) is 12.3. The molecule has 7 aliphatic rings. The van der Waals surface area contributed by atoms with Crippen LogP contribution in [-0.4, -0.2) is 22.9 Å². The molecule has 7 aliphatic carbocycles. The molecule has 0 aromatic rings. The Balaban J connectivity index is 1.46. The molecule has 7 saturated carbocycles. The Kier molecular flexibility index (Phi) is 2.02. The van der Waals surface area contributed by atoms with E-state index in [2.05, 4.69) is 0 Å². The lowest BCUT2D eigenvalue weighted by atomic mass is 9.75. The number of fused-ring (bicyclic) bond motifs is 5. The first-order valence-corrected chi connectivity index (χ1v) is 10.1. The smallest absolute Gasteiger partial charge is 0.0605 e. The van der Waals surface area contributed by atoms with Gasteiger partial charge < -0.3 is 10.2 Å². The molecule has 0 bridgehead atoms. The summed E-state index contributed by atoms with van der Waals surface area (Å²) in [6, 6.07) is 0. The van der Waals surface area contributed by atoms with Crippen LogP contribution < -0.4 is 0 Å². The second kappa shape index (κ2) is 3.61. The Morgan fingerprint density at radius 3 is 2.05 bits per heavy atom. The lowest BCUT2D eigenvalue weighted by molar-refractivity contribution is 0.0456. The van der Waals surface area contributed by atoms with Crippen molar-refractivity contribution in [2.24, 2.45) is 76.9 Å². The zero-order chi connectivity index (χ0) is 14.3. The number of rotatable bonds is 1. The van der Waals surface area contributed by atoms with Crippen LogP contribution in [0.25, 0.3) is 0 Å². The van der Waals surface area contributed by atoms with Gasteiger partial charge in [-0.25, -0.2) is 0 Å². The van der Waals surface area contributed by atoms with Gasteiger partial charge in [0.05, 0.1) is 6.10 Å². The summed E-state index contributed by atoms with van der Waals surface area (Å²) in [5, 5.41) is 21.4.